The second-order valence-electron chi connectivity index (χ2n) is 11.6. The van der Waals surface area contributed by atoms with Crippen LogP contribution in [0.1, 0.15) is 97.6 Å². The molecule has 1 amide bonds. The van der Waals surface area contributed by atoms with E-state index >= 15 is 0 Å². The number of oxazole rings is 1. The Balaban J connectivity index is 1.20. The predicted octanol–water partition coefficient (Wildman–Crippen LogP) is 6.54. The Morgan fingerprint density at radius 3 is 2.78 bits per heavy atom. The molecule has 41 heavy (non-hydrogen) atoms. The van der Waals surface area contributed by atoms with Crippen LogP contribution in [-0.2, 0) is 20.7 Å². The molecular formula is C33H41FN2O5. The van der Waals surface area contributed by atoms with Gasteiger partial charge in [-0.1, -0.05) is 63.7 Å². The molecule has 1 aromatic heterocycles. The molecular weight excluding hydrogens is 523 g/mol. The third-order valence-electron chi connectivity index (χ3n) is 8.82. The molecule has 2 aliphatic heterocycles. The molecule has 3 fully saturated rings. The smallest absolute Gasteiger partial charge is 0.331 e. The van der Waals surface area contributed by atoms with Gasteiger partial charge in [-0.05, 0) is 60.9 Å². The van der Waals surface area contributed by atoms with Crippen LogP contribution in [0.5, 0.6) is 0 Å². The highest BCUT2D eigenvalue weighted by molar-refractivity contribution is 5.91. The van der Waals surface area contributed by atoms with Crippen LogP contribution < -0.4 is 5.32 Å². The summed E-state index contributed by atoms with van der Waals surface area (Å²) in [4.78, 5) is 29.3. The summed E-state index contributed by atoms with van der Waals surface area (Å²) in [6, 6.07) is 4.54. The van der Waals surface area contributed by atoms with E-state index in [0.29, 0.717) is 18.9 Å². The summed E-state index contributed by atoms with van der Waals surface area (Å²) >= 11 is 0. The third kappa shape index (κ3) is 7.53. The number of fused-ring (bicyclic) bond motifs is 2. The number of halogens is 1. The summed E-state index contributed by atoms with van der Waals surface area (Å²) in [6.07, 6.45) is 18.3. The minimum Gasteiger partial charge on any atom is -0.458 e. The zero-order valence-electron chi connectivity index (χ0n) is 23.7. The molecule has 0 radical (unpaired) electrons. The minimum atomic E-state index is -0.490. The molecule has 2 saturated heterocycles. The van der Waals surface area contributed by atoms with Crippen LogP contribution in [0, 0.1) is 17.7 Å². The molecule has 5 rings (SSSR count). The highest BCUT2D eigenvalue weighted by atomic mass is 19.1. The summed E-state index contributed by atoms with van der Waals surface area (Å²) < 4.78 is 31.4. The molecule has 1 saturated carbocycles. The fourth-order valence-electron chi connectivity index (χ4n) is 6.76. The second kappa shape index (κ2) is 14.1. The number of aromatic nitrogens is 1. The van der Waals surface area contributed by atoms with Crippen LogP contribution in [0.15, 0.2) is 47.6 Å². The van der Waals surface area contributed by atoms with Crippen LogP contribution in [0.3, 0.4) is 0 Å². The lowest BCUT2D eigenvalue weighted by atomic mass is 9.75. The van der Waals surface area contributed by atoms with Gasteiger partial charge in [0, 0.05) is 18.5 Å². The van der Waals surface area contributed by atoms with Crippen molar-refractivity contribution in [3.63, 3.8) is 0 Å². The van der Waals surface area contributed by atoms with Crippen molar-refractivity contribution in [1.82, 2.24) is 10.3 Å². The zero-order valence-corrected chi connectivity index (χ0v) is 23.7. The number of amides is 1. The van der Waals surface area contributed by atoms with Gasteiger partial charge >= 0.3 is 5.97 Å². The van der Waals surface area contributed by atoms with Crippen molar-refractivity contribution in [3.8, 4) is 0 Å². The number of esters is 1. The van der Waals surface area contributed by atoms with Crippen molar-refractivity contribution in [1.29, 1.82) is 0 Å². The van der Waals surface area contributed by atoms with E-state index in [1.54, 1.807) is 12.1 Å². The first-order valence-corrected chi connectivity index (χ1v) is 15.1. The average Bonchev–Trinajstić information content (AvgIpc) is 3.73. The molecule has 2 aromatic rings. The van der Waals surface area contributed by atoms with Crippen LogP contribution in [-0.4, -0.2) is 42.2 Å². The number of nitrogens with zero attached hydrogens (tertiary/aromatic N) is 1. The van der Waals surface area contributed by atoms with E-state index < -0.39 is 5.97 Å². The Bertz CT molecular complexity index is 1230. The number of carbonyl (C=O) groups is 2. The lowest BCUT2D eigenvalue weighted by Gasteiger charge is -2.26. The third-order valence-corrected chi connectivity index (χ3v) is 8.82. The van der Waals surface area contributed by atoms with E-state index in [-0.39, 0.29) is 48.1 Å². The van der Waals surface area contributed by atoms with Gasteiger partial charge in [0.2, 0.25) is 5.89 Å². The van der Waals surface area contributed by atoms with E-state index in [1.165, 1.54) is 69.1 Å². The average molecular weight is 565 g/mol. The number of rotatable bonds is 13. The van der Waals surface area contributed by atoms with E-state index in [4.69, 9.17) is 13.9 Å². The first-order chi connectivity index (χ1) is 20.0. The van der Waals surface area contributed by atoms with Gasteiger partial charge in [0.25, 0.3) is 5.91 Å². The minimum absolute atomic E-state index is 0.00371. The molecule has 2 bridgehead atoms. The fraction of sp³-hybridized carbons (Fsp3) is 0.545. The van der Waals surface area contributed by atoms with Gasteiger partial charge < -0.3 is 19.2 Å². The summed E-state index contributed by atoms with van der Waals surface area (Å²) in [5, 5.41) is 2.99. The highest BCUT2D eigenvalue weighted by Gasteiger charge is 2.51. The summed E-state index contributed by atoms with van der Waals surface area (Å²) in [7, 11) is 0. The summed E-state index contributed by atoms with van der Waals surface area (Å²) in [5.74, 6) is 0.156. The monoisotopic (exact) mass is 564 g/mol. The van der Waals surface area contributed by atoms with Crippen LogP contribution in [0.2, 0.25) is 0 Å². The number of hydrogen-bond acceptors (Lipinski definition) is 6. The number of unbranched alkanes of at least 4 members (excludes halogenated alkanes) is 1. The van der Waals surface area contributed by atoms with Gasteiger partial charge in [-0.25, -0.2) is 14.2 Å². The molecule has 220 valence electrons. The normalized spacial score (nSPS) is 24.1. The maximum Gasteiger partial charge on any atom is 0.331 e. The summed E-state index contributed by atoms with van der Waals surface area (Å²) in [5.41, 5.74) is 1.78. The van der Waals surface area contributed by atoms with Gasteiger partial charge in [-0.2, -0.15) is 0 Å². The van der Waals surface area contributed by atoms with Gasteiger partial charge in [-0.3, -0.25) is 4.79 Å². The number of nitrogens with one attached hydrogen (secondary N) is 1. The maximum atomic E-state index is 14.3. The van der Waals surface area contributed by atoms with Crippen LogP contribution in [0.4, 0.5) is 4.39 Å². The largest absolute Gasteiger partial charge is 0.458 e. The molecule has 1 N–H and O–H groups in total. The first-order valence-electron chi connectivity index (χ1n) is 15.1. The fourth-order valence-corrected chi connectivity index (χ4v) is 6.76. The van der Waals surface area contributed by atoms with E-state index in [9.17, 15) is 14.0 Å². The Morgan fingerprint density at radius 1 is 1.12 bits per heavy atom. The number of ether oxygens (including phenoxy) is 2. The second-order valence-corrected chi connectivity index (χ2v) is 11.6. The Kier molecular flexibility index (Phi) is 10.0. The molecule has 1 aromatic carbocycles. The topological polar surface area (TPSA) is 90.7 Å². The van der Waals surface area contributed by atoms with E-state index in [1.807, 2.05) is 0 Å². The van der Waals surface area contributed by atoms with Crippen molar-refractivity contribution in [2.75, 3.05) is 13.2 Å². The van der Waals surface area contributed by atoms with Crippen LogP contribution in [0.25, 0.3) is 6.08 Å². The van der Waals surface area contributed by atoms with Crippen molar-refractivity contribution in [3.05, 3.63) is 71.7 Å². The Labute approximate surface area is 241 Å². The molecule has 2 unspecified atom stereocenters. The van der Waals surface area contributed by atoms with Crippen molar-refractivity contribution < 1.29 is 27.9 Å². The van der Waals surface area contributed by atoms with Crippen molar-refractivity contribution in [2.45, 2.75) is 88.8 Å². The highest BCUT2D eigenvalue weighted by Crippen LogP contribution is 2.50. The molecule has 3 aliphatic rings. The number of hydrogen-bond donors (Lipinski definition) is 1. The van der Waals surface area contributed by atoms with Crippen molar-refractivity contribution in [2.24, 2.45) is 11.8 Å². The Hall–Kier alpha value is -3.26. The van der Waals surface area contributed by atoms with E-state index in [0.717, 1.165) is 42.7 Å². The molecule has 1 aliphatic carbocycles. The predicted molar refractivity (Wildman–Crippen MR) is 154 cm³/mol. The standard InChI is InChI=1S/C33H41FN2O5/c1-2-18-39-30(37)16-12-23-11-13-25(34)19-24(23)20-26-28-14-15-29(41-28)31(26)33-36-27(21-40-33)32(38)35-17-7-6-10-22-8-4-3-5-9-22/h2,11-13,16,19,21-22,26,28-29,31H,1,3-10,14-15,17-18,20H2,(H,35,38)/b16-12+/t26-,28?,29?,31+/m0/s1. The van der Waals surface area contributed by atoms with Gasteiger partial charge in [0.15, 0.2) is 5.69 Å². The Morgan fingerprint density at radius 2 is 1.95 bits per heavy atom. The van der Waals surface area contributed by atoms with Crippen LogP contribution >= 0.6 is 0 Å². The van der Waals surface area contributed by atoms with Crippen molar-refractivity contribution >= 4 is 18.0 Å². The lowest BCUT2D eigenvalue weighted by Crippen LogP contribution is -2.28. The van der Waals surface area contributed by atoms with Gasteiger partial charge in [0.05, 0.1) is 18.1 Å². The quantitative estimate of drug-likeness (QED) is 0.129. The molecule has 8 heteroatoms. The molecule has 4 atom stereocenters. The molecule has 7 nitrogen and oxygen atoms in total. The first kappa shape index (κ1) is 29.2. The number of carbonyl (C=O) groups excluding carboxylic acids is 2. The molecule has 0 spiro atoms. The summed E-state index contributed by atoms with van der Waals surface area (Å²) in [6.45, 7) is 4.29. The zero-order chi connectivity index (χ0) is 28.6. The van der Waals surface area contributed by atoms with E-state index in [2.05, 4.69) is 16.9 Å². The maximum absolute atomic E-state index is 14.3. The molecule has 3 heterocycles. The number of benzene rings is 1. The SMILES string of the molecule is C=CCOC(=O)/C=C/c1ccc(F)cc1C[C@H]1C2CCC(O2)[C@@H]1c1nc(C(=O)NCCCCC2CCCCC2)co1. The lowest BCUT2D eigenvalue weighted by molar-refractivity contribution is -0.136. The van der Waals surface area contributed by atoms with Gasteiger partial charge in [0.1, 0.15) is 18.7 Å². The van der Waals surface area contributed by atoms with Gasteiger partial charge in [-0.15, -0.1) is 0 Å².